The molecule has 0 heterocycles. The molecular formula is C19H26O. The molecule has 0 spiro atoms. The molecule has 108 valence electrons. The first-order valence-corrected chi connectivity index (χ1v) is 7.52. The molecule has 1 aliphatic carbocycles. The van der Waals surface area contributed by atoms with Gasteiger partial charge in [0.1, 0.15) is 0 Å². The lowest BCUT2D eigenvalue weighted by molar-refractivity contribution is -0.118. The molecule has 0 amide bonds. The Kier molecular flexibility index (Phi) is 7.00. The van der Waals surface area contributed by atoms with E-state index >= 15 is 0 Å². The second kappa shape index (κ2) is 8.52. The average Bonchev–Trinajstić information content (AvgIpc) is 2.69. The average molecular weight is 270 g/mol. The summed E-state index contributed by atoms with van der Waals surface area (Å²) in [7, 11) is 0. The minimum absolute atomic E-state index is 0.0965. The molecule has 20 heavy (non-hydrogen) atoms. The van der Waals surface area contributed by atoms with Gasteiger partial charge in [0.2, 0.25) is 0 Å². The van der Waals surface area contributed by atoms with Crippen LogP contribution >= 0.6 is 0 Å². The van der Waals surface area contributed by atoms with Gasteiger partial charge in [0, 0.05) is 11.5 Å². The number of allylic oxidation sites excluding steroid dienone is 9. The number of ketones is 1. The zero-order valence-electron chi connectivity index (χ0n) is 13.0. The minimum Gasteiger partial charge on any atom is -0.294 e. The van der Waals surface area contributed by atoms with Gasteiger partial charge in [-0.25, -0.2) is 0 Å². The first kappa shape index (κ1) is 16.4. The number of hydrogen-bond acceptors (Lipinski definition) is 1. The van der Waals surface area contributed by atoms with Gasteiger partial charge >= 0.3 is 0 Å². The van der Waals surface area contributed by atoms with Gasteiger partial charge in [-0.1, -0.05) is 62.5 Å². The molecule has 1 nitrogen and oxygen atoms in total. The van der Waals surface area contributed by atoms with Crippen LogP contribution in [0.3, 0.4) is 0 Å². The summed E-state index contributed by atoms with van der Waals surface area (Å²) < 4.78 is 0. The van der Waals surface area contributed by atoms with E-state index in [0.29, 0.717) is 5.78 Å². The van der Waals surface area contributed by atoms with Crippen LogP contribution in [-0.2, 0) is 4.79 Å². The highest BCUT2D eigenvalue weighted by Gasteiger charge is 2.29. The van der Waals surface area contributed by atoms with Crippen molar-refractivity contribution in [3.63, 3.8) is 0 Å². The second-order valence-corrected chi connectivity index (χ2v) is 5.26. The smallest absolute Gasteiger partial charge is 0.166 e. The normalized spacial score (nSPS) is 20.6. The van der Waals surface area contributed by atoms with Crippen molar-refractivity contribution < 1.29 is 4.79 Å². The maximum atomic E-state index is 12.4. The first-order valence-electron chi connectivity index (χ1n) is 7.52. The zero-order valence-corrected chi connectivity index (χ0v) is 13.0. The van der Waals surface area contributed by atoms with Gasteiger partial charge in [0.25, 0.3) is 0 Å². The van der Waals surface area contributed by atoms with Crippen molar-refractivity contribution in [3.8, 4) is 0 Å². The Labute approximate surface area is 123 Å². The van der Waals surface area contributed by atoms with E-state index in [2.05, 4.69) is 45.6 Å². The standard InChI is InChI=1S/C19H26O/c1-5-8-11-16(10-7-3)14-17-13-15(4)18(19(17)20)12-9-6-2/h7-12,17H,3,5-6,13-14H2,1-2,4H3/b11-8-,12-9-,16-10+. The van der Waals surface area contributed by atoms with Crippen molar-refractivity contribution in [2.75, 3.05) is 0 Å². The van der Waals surface area contributed by atoms with Crippen molar-refractivity contribution in [2.45, 2.75) is 46.5 Å². The van der Waals surface area contributed by atoms with Crippen molar-refractivity contribution in [1.29, 1.82) is 0 Å². The first-order chi connectivity index (χ1) is 9.63. The molecule has 0 N–H and O–H groups in total. The molecule has 0 aromatic rings. The lowest BCUT2D eigenvalue weighted by Crippen LogP contribution is -2.10. The van der Waals surface area contributed by atoms with E-state index in [1.807, 2.05) is 12.2 Å². The molecule has 0 aromatic heterocycles. The molecule has 1 unspecified atom stereocenters. The van der Waals surface area contributed by atoms with Crippen LogP contribution < -0.4 is 0 Å². The van der Waals surface area contributed by atoms with Crippen LogP contribution in [0.25, 0.3) is 0 Å². The number of Topliss-reactive ketones (excluding diaryl/α,β-unsaturated/α-hetero) is 1. The Morgan fingerprint density at radius 2 is 2.00 bits per heavy atom. The molecule has 0 radical (unpaired) electrons. The lowest BCUT2D eigenvalue weighted by Gasteiger charge is -2.09. The lowest BCUT2D eigenvalue weighted by atomic mass is 9.94. The van der Waals surface area contributed by atoms with Crippen molar-refractivity contribution >= 4 is 5.78 Å². The Hall–Kier alpha value is -1.63. The predicted molar refractivity (Wildman–Crippen MR) is 87.6 cm³/mol. The number of carbonyl (C=O) groups excluding carboxylic acids is 1. The Morgan fingerprint density at radius 1 is 1.30 bits per heavy atom. The summed E-state index contributed by atoms with van der Waals surface area (Å²) in [6.07, 6.45) is 15.8. The summed E-state index contributed by atoms with van der Waals surface area (Å²) in [5.74, 6) is 0.395. The molecule has 0 saturated heterocycles. The van der Waals surface area contributed by atoms with Gasteiger partial charge in [-0.3, -0.25) is 4.79 Å². The summed E-state index contributed by atoms with van der Waals surface area (Å²) in [6, 6.07) is 0. The van der Waals surface area contributed by atoms with Crippen LogP contribution in [0.2, 0.25) is 0 Å². The monoisotopic (exact) mass is 270 g/mol. The summed E-state index contributed by atoms with van der Waals surface area (Å²) in [4.78, 5) is 12.4. The van der Waals surface area contributed by atoms with E-state index in [1.54, 1.807) is 6.08 Å². The van der Waals surface area contributed by atoms with Crippen LogP contribution in [0.15, 0.2) is 59.8 Å². The third-order valence-electron chi connectivity index (χ3n) is 3.55. The molecule has 1 rings (SSSR count). The topological polar surface area (TPSA) is 17.1 Å². The van der Waals surface area contributed by atoms with Crippen LogP contribution in [0.4, 0.5) is 0 Å². The Bertz CT molecular complexity index is 472. The molecule has 0 saturated carbocycles. The van der Waals surface area contributed by atoms with Crippen molar-refractivity contribution in [1.82, 2.24) is 0 Å². The fraction of sp³-hybridized carbons (Fsp3) is 0.421. The van der Waals surface area contributed by atoms with Gasteiger partial charge in [-0.15, -0.1) is 0 Å². The Balaban J connectivity index is 2.79. The largest absolute Gasteiger partial charge is 0.294 e. The van der Waals surface area contributed by atoms with Gasteiger partial charge < -0.3 is 0 Å². The third kappa shape index (κ3) is 4.48. The number of rotatable bonds is 7. The molecule has 0 aliphatic heterocycles. The highest BCUT2D eigenvalue weighted by molar-refractivity contribution is 6.03. The zero-order chi connectivity index (χ0) is 15.0. The quantitative estimate of drug-likeness (QED) is 0.572. The highest BCUT2D eigenvalue weighted by Crippen LogP contribution is 2.33. The van der Waals surface area contributed by atoms with E-state index in [9.17, 15) is 4.79 Å². The fourth-order valence-electron chi connectivity index (χ4n) is 2.52. The highest BCUT2D eigenvalue weighted by atomic mass is 16.1. The molecule has 1 aliphatic rings. The van der Waals surface area contributed by atoms with Crippen molar-refractivity contribution in [2.24, 2.45) is 5.92 Å². The molecule has 1 atom stereocenters. The van der Waals surface area contributed by atoms with E-state index < -0.39 is 0 Å². The molecule has 0 bridgehead atoms. The van der Waals surface area contributed by atoms with Gasteiger partial charge in [0.15, 0.2) is 5.78 Å². The molecule has 1 heteroatoms. The van der Waals surface area contributed by atoms with Crippen LogP contribution in [0.1, 0.15) is 46.5 Å². The summed E-state index contributed by atoms with van der Waals surface area (Å²) in [5, 5.41) is 0. The maximum absolute atomic E-state index is 12.4. The second-order valence-electron chi connectivity index (χ2n) is 5.26. The van der Waals surface area contributed by atoms with E-state index in [4.69, 9.17) is 0 Å². The van der Waals surface area contributed by atoms with Crippen LogP contribution in [-0.4, -0.2) is 5.78 Å². The van der Waals surface area contributed by atoms with Crippen LogP contribution in [0, 0.1) is 5.92 Å². The van der Waals surface area contributed by atoms with Gasteiger partial charge in [-0.05, 0) is 38.2 Å². The molecule has 0 fully saturated rings. The third-order valence-corrected chi connectivity index (χ3v) is 3.55. The summed E-state index contributed by atoms with van der Waals surface area (Å²) in [6.45, 7) is 10.0. The summed E-state index contributed by atoms with van der Waals surface area (Å²) >= 11 is 0. The van der Waals surface area contributed by atoms with Gasteiger partial charge in [-0.2, -0.15) is 0 Å². The van der Waals surface area contributed by atoms with Gasteiger partial charge in [0.05, 0.1) is 0 Å². The van der Waals surface area contributed by atoms with E-state index in [-0.39, 0.29) is 5.92 Å². The maximum Gasteiger partial charge on any atom is 0.166 e. The molecular weight excluding hydrogens is 244 g/mol. The Morgan fingerprint density at radius 3 is 2.60 bits per heavy atom. The predicted octanol–water partition coefficient (Wildman–Crippen LogP) is 5.33. The molecule has 0 aromatic carbocycles. The SMILES string of the molecule is C=C/C=C(\C=C/CC)CC1CC(C)=C(/C=C\CC)C1=O. The van der Waals surface area contributed by atoms with Crippen LogP contribution in [0.5, 0.6) is 0 Å². The van der Waals surface area contributed by atoms with Crippen molar-refractivity contribution in [3.05, 3.63) is 59.8 Å². The number of carbonyl (C=O) groups is 1. The minimum atomic E-state index is 0.0965. The fourth-order valence-corrected chi connectivity index (χ4v) is 2.52. The number of hydrogen-bond donors (Lipinski definition) is 0. The summed E-state index contributed by atoms with van der Waals surface area (Å²) in [5.41, 5.74) is 3.34. The van der Waals surface area contributed by atoms with E-state index in [0.717, 1.165) is 31.3 Å². The van der Waals surface area contributed by atoms with E-state index in [1.165, 1.54) is 11.1 Å².